The fraction of sp³-hybridized carbons (Fsp3) is 0.517. The van der Waals surface area contributed by atoms with Crippen molar-refractivity contribution in [1.29, 1.82) is 0 Å². The number of rotatable bonds is 13. The fourth-order valence-corrected chi connectivity index (χ4v) is 5.55. The summed E-state index contributed by atoms with van der Waals surface area (Å²) in [6, 6.07) is 9.26. The molecule has 198 valence electrons. The van der Waals surface area contributed by atoms with Gasteiger partial charge in [-0.25, -0.2) is 14.4 Å². The van der Waals surface area contributed by atoms with E-state index in [1.165, 1.54) is 0 Å². The van der Waals surface area contributed by atoms with Gasteiger partial charge in [0, 0.05) is 36.4 Å². The summed E-state index contributed by atoms with van der Waals surface area (Å²) >= 11 is 0. The van der Waals surface area contributed by atoms with E-state index in [1.807, 2.05) is 24.3 Å². The number of carboxylic acids is 1. The molecule has 2 aromatic heterocycles. The summed E-state index contributed by atoms with van der Waals surface area (Å²) < 4.78 is 20.9. The normalized spacial score (nSPS) is 19.1. The number of aliphatic carboxylic acids is 1. The van der Waals surface area contributed by atoms with Gasteiger partial charge in [-0.15, -0.1) is 0 Å². The molecule has 0 spiro atoms. The molecule has 1 aliphatic rings. The highest BCUT2D eigenvalue weighted by Gasteiger charge is 2.30. The molecule has 1 aromatic carbocycles. The minimum atomic E-state index is -1.10. The Morgan fingerprint density at radius 1 is 1.16 bits per heavy atom. The number of fused-ring (bicyclic) bond motifs is 1. The van der Waals surface area contributed by atoms with Crippen molar-refractivity contribution in [2.45, 2.75) is 57.5 Å². The number of benzene rings is 1. The zero-order chi connectivity index (χ0) is 26.0. The van der Waals surface area contributed by atoms with Gasteiger partial charge in [-0.2, -0.15) is 0 Å². The van der Waals surface area contributed by atoms with Gasteiger partial charge in [0.2, 0.25) is 0 Å². The molecule has 37 heavy (non-hydrogen) atoms. The number of nitrogens with zero attached hydrogens (tertiary/aromatic N) is 4. The van der Waals surface area contributed by atoms with E-state index in [4.69, 9.17) is 4.74 Å². The smallest absolute Gasteiger partial charge is 0.303 e. The zero-order valence-corrected chi connectivity index (χ0v) is 21.6. The van der Waals surface area contributed by atoms with Crippen LogP contribution >= 0.6 is 0 Å². The van der Waals surface area contributed by atoms with Crippen molar-refractivity contribution >= 4 is 16.9 Å². The Labute approximate surface area is 218 Å². The van der Waals surface area contributed by atoms with Crippen molar-refractivity contribution < 1.29 is 19.0 Å². The van der Waals surface area contributed by atoms with Crippen molar-refractivity contribution in [2.24, 2.45) is 11.8 Å². The highest BCUT2D eigenvalue weighted by molar-refractivity contribution is 5.83. The lowest BCUT2D eigenvalue weighted by Gasteiger charge is -2.39. The first-order valence-corrected chi connectivity index (χ1v) is 13.3. The molecule has 0 aliphatic carbocycles. The summed E-state index contributed by atoms with van der Waals surface area (Å²) in [4.78, 5) is 26.4. The summed E-state index contributed by atoms with van der Waals surface area (Å²) in [6.45, 7) is 2.86. The number of aryl methyl sites for hydroxylation is 1. The first-order valence-electron chi connectivity index (χ1n) is 13.3. The molecule has 3 heterocycles. The largest absolute Gasteiger partial charge is 0.497 e. The van der Waals surface area contributed by atoms with E-state index >= 15 is 4.39 Å². The number of hydrogen-bond acceptors (Lipinski definition) is 6. The lowest BCUT2D eigenvalue weighted by molar-refractivity contribution is -0.137. The van der Waals surface area contributed by atoms with E-state index in [0.29, 0.717) is 30.1 Å². The average Bonchev–Trinajstić information content (AvgIpc) is 2.93. The predicted octanol–water partition coefficient (Wildman–Crippen LogP) is 5.65. The van der Waals surface area contributed by atoms with Crippen LogP contribution in [0.15, 0.2) is 49.1 Å². The fourth-order valence-electron chi connectivity index (χ4n) is 5.55. The van der Waals surface area contributed by atoms with Crippen molar-refractivity contribution in [1.82, 2.24) is 19.9 Å². The number of piperidine rings is 1. The number of unbranched alkanes of at least 4 members (excludes halogenated alkanes) is 1. The number of ether oxygens (including phenoxy) is 1. The van der Waals surface area contributed by atoms with Crippen LogP contribution in [0.1, 0.15) is 62.4 Å². The maximum Gasteiger partial charge on any atom is 0.303 e. The third kappa shape index (κ3) is 7.68. The minimum absolute atomic E-state index is 0.163. The van der Waals surface area contributed by atoms with Crippen LogP contribution in [0.2, 0.25) is 0 Å². The number of carboxylic acid groups (broad SMARTS) is 1. The number of likely N-dealkylation sites (tertiary alicyclic amines) is 1. The topological polar surface area (TPSA) is 88.4 Å². The minimum Gasteiger partial charge on any atom is -0.497 e. The number of methoxy groups -OCH3 is 1. The number of halogens is 1. The zero-order valence-electron chi connectivity index (χ0n) is 21.6. The van der Waals surface area contributed by atoms with Gasteiger partial charge in [0.1, 0.15) is 18.2 Å². The van der Waals surface area contributed by atoms with Gasteiger partial charge in [-0.05, 0) is 106 Å². The molecule has 1 saturated heterocycles. The molecule has 0 amide bonds. The number of carbonyl (C=O) groups is 1. The summed E-state index contributed by atoms with van der Waals surface area (Å²) in [6.07, 6.45) is 9.95. The van der Waals surface area contributed by atoms with Crippen LogP contribution in [0.25, 0.3) is 10.9 Å². The third-order valence-corrected chi connectivity index (χ3v) is 7.62. The monoisotopic (exact) mass is 508 g/mol. The molecular formula is C29H37FN4O3. The van der Waals surface area contributed by atoms with Crippen LogP contribution in [0.5, 0.6) is 5.75 Å². The van der Waals surface area contributed by atoms with Gasteiger partial charge in [0.15, 0.2) is 0 Å². The Bertz CT molecular complexity index is 1150. The van der Waals surface area contributed by atoms with Gasteiger partial charge < -0.3 is 14.7 Å². The van der Waals surface area contributed by atoms with Crippen LogP contribution in [0, 0.1) is 11.8 Å². The number of hydrogen-bond donors (Lipinski definition) is 1. The Hall–Kier alpha value is -3.13. The number of aromatic nitrogens is 3. The highest BCUT2D eigenvalue weighted by Crippen LogP contribution is 2.36. The molecule has 3 aromatic rings. The van der Waals surface area contributed by atoms with E-state index in [9.17, 15) is 9.90 Å². The van der Waals surface area contributed by atoms with Crippen LogP contribution in [-0.2, 0) is 11.2 Å². The lowest BCUT2D eigenvalue weighted by atomic mass is 9.79. The van der Waals surface area contributed by atoms with Crippen LogP contribution in [-0.4, -0.2) is 57.7 Å². The van der Waals surface area contributed by atoms with Gasteiger partial charge >= 0.3 is 5.97 Å². The first-order chi connectivity index (χ1) is 18.0. The second-order valence-electron chi connectivity index (χ2n) is 10.0. The molecule has 4 rings (SSSR count). The summed E-state index contributed by atoms with van der Waals surface area (Å²) in [7, 11) is 1.60. The van der Waals surface area contributed by atoms with Crippen LogP contribution in [0.4, 0.5) is 4.39 Å². The lowest BCUT2D eigenvalue weighted by Crippen LogP contribution is -2.41. The molecule has 1 aliphatic heterocycles. The van der Waals surface area contributed by atoms with Gasteiger partial charge in [-0.3, -0.25) is 9.78 Å². The van der Waals surface area contributed by atoms with E-state index < -0.39 is 12.1 Å². The highest BCUT2D eigenvalue weighted by atomic mass is 19.1. The summed E-state index contributed by atoms with van der Waals surface area (Å²) in [5.41, 5.74) is 2.47. The summed E-state index contributed by atoms with van der Waals surface area (Å²) in [5.74, 6) is 0.527. The molecule has 7 nitrogen and oxygen atoms in total. The van der Waals surface area contributed by atoms with E-state index in [1.54, 1.807) is 31.9 Å². The standard InChI is InChI=1S/C29H37FN4O3/c1-37-24-7-9-28-26(18-24)25(12-15-32-28)27(30)8-5-21-13-17-34(19-22(21)6-10-29(35)36)16-3-2-4-23-11-14-31-20-33-23/h7,9,11-12,14-15,18,20-22,27H,2-6,8,10,13,16-17,19H2,1H3,(H,35,36)/t21-,22+,27?/m1/s1. The molecule has 0 saturated carbocycles. The molecule has 3 atom stereocenters. The second kappa shape index (κ2) is 13.4. The molecule has 1 N–H and O–H groups in total. The second-order valence-corrected chi connectivity index (χ2v) is 10.0. The maximum atomic E-state index is 15.5. The van der Waals surface area contributed by atoms with E-state index in [2.05, 4.69) is 19.9 Å². The van der Waals surface area contributed by atoms with Gasteiger partial charge in [0.05, 0.1) is 12.6 Å². The van der Waals surface area contributed by atoms with Crippen molar-refractivity contribution in [3.63, 3.8) is 0 Å². The number of pyridine rings is 1. The molecule has 8 heteroatoms. The average molecular weight is 509 g/mol. The Balaban J connectivity index is 1.32. The molecule has 0 radical (unpaired) electrons. The van der Waals surface area contributed by atoms with Crippen molar-refractivity contribution in [3.8, 4) is 5.75 Å². The van der Waals surface area contributed by atoms with E-state index in [-0.39, 0.29) is 12.3 Å². The Morgan fingerprint density at radius 3 is 2.84 bits per heavy atom. The maximum absolute atomic E-state index is 15.5. The van der Waals surface area contributed by atoms with Crippen LogP contribution < -0.4 is 4.74 Å². The van der Waals surface area contributed by atoms with Crippen molar-refractivity contribution in [2.75, 3.05) is 26.7 Å². The quantitative estimate of drug-likeness (QED) is 0.299. The Morgan fingerprint density at radius 2 is 2.05 bits per heavy atom. The Kier molecular flexibility index (Phi) is 9.77. The molecule has 1 unspecified atom stereocenters. The summed E-state index contributed by atoms with van der Waals surface area (Å²) in [5, 5.41) is 10.1. The molecular weight excluding hydrogens is 471 g/mol. The number of alkyl halides is 1. The SMILES string of the molecule is COc1ccc2nccc(C(F)CC[C@@H]3CCN(CCCCc4ccncn4)C[C@@H]3CCC(=O)O)c2c1. The molecule has 1 fully saturated rings. The first kappa shape index (κ1) is 26.9. The van der Waals surface area contributed by atoms with Crippen LogP contribution in [0.3, 0.4) is 0 Å². The predicted molar refractivity (Wildman–Crippen MR) is 141 cm³/mol. The van der Waals surface area contributed by atoms with Gasteiger partial charge in [0.25, 0.3) is 0 Å². The molecule has 0 bridgehead atoms. The van der Waals surface area contributed by atoms with E-state index in [0.717, 1.165) is 68.3 Å². The van der Waals surface area contributed by atoms with Gasteiger partial charge in [-0.1, -0.05) is 0 Å². The van der Waals surface area contributed by atoms with Crippen molar-refractivity contribution in [3.05, 3.63) is 60.3 Å². The third-order valence-electron chi connectivity index (χ3n) is 7.62.